The van der Waals surface area contributed by atoms with E-state index < -0.39 is 67.3 Å². The van der Waals surface area contributed by atoms with Crippen LogP contribution in [0.5, 0.6) is 5.75 Å². The first-order valence-corrected chi connectivity index (χ1v) is 12.0. The van der Waals surface area contributed by atoms with Crippen LogP contribution in [0.25, 0.3) is 22.3 Å². The minimum atomic E-state index is -1.74. The average Bonchev–Trinajstić information content (AvgIpc) is 2.94. The predicted molar refractivity (Wildman–Crippen MR) is 129 cm³/mol. The molecule has 5 rings (SSSR count). The van der Waals surface area contributed by atoms with Crippen LogP contribution in [0.2, 0.25) is 0 Å². The first kappa shape index (κ1) is 26.7. The molecule has 0 saturated carbocycles. The topological polar surface area (TPSA) is 189 Å². The Labute approximate surface area is 215 Å². The van der Waals surface area contributed by atoms with Crippen molar-refractivity contribution in [3.05, 3.63) is 64.8 Å². The molecule has 1 unspecified atom stereocenters. The highest BCUT2D eigenvalue weighted by molar-refractivity contribution is 5.81. The number of fused-ring (bicyclic) bond motifs is 1. The van der Waals surface area contributed by atoms with Crippen molar-refractivity contribution in [1.82, 2.24) is 0 Å². The molecule has 0 radical (unpaired) electrons. The van der Waals surface area contributed by atoms with Crippen LogP contribution in [0.15, 0.2) is 63.8 Å². The summed E-state index contributed by atoms with van der Waals surface area (Å²) in [6.07, 6.45) is -14.1. The van der Waals surface area contributed by atoms with E-state index in [-0.39, 0.29) is 23.5 Å². The highest BCUT2D eigenvalue weighted by Gasteiger charge is 2.50. The molecule has 0 spiro atoms. The number of benzene rings is 2. The van der Waals surface area contributed by atoms with E-state index in [4.69, 9.17) is 23.4 Å². The zero-order valence-corrected chi connectivity index (χ0v) is 19.9. The summed E-state index contributed by atoms with van der Waals surface area (Å²) in [6, 6.07) is 15.2. The number of ether oxygens (including phenoxy) is 4. The van der Waals surface area contributed by atoms with Crippen LogP contribution < -0.4 is 10.2 Å². The second kappa shape index (κ2) is 11.1. The molecule has 12 heteroatoms. The Bertz CT molecular complexity index is 1300. The van der Waals surface area contributed by atoms with Crippen molar-refractivity contribution in [2.24, 2.45) is 0 Å². The summed E-state index contributed by atoms with van der Waals surface area (Å²) in [5.41, 5.74) is 0.249. The third kappa shape index (κ3) is 4.94. The normalized spacial score (nSPS) is 33.8. The Morgan fingerprint density at radius 3 is 2.29 bits per heavy atom. The predicted octanol–water partition coefficient (Wildman–Crippen LogP) is -0.898. The summed E-state index contributed by atoms with van der Waals surface area (Å²) < 4.78 is 28.6. The summed E-state index contributed by atoms with van der Waals surface area (Å²) in [5.74, 6) is -0.223. The summed E-state index contributed by atoms with van der Waals surface area (Å²) in [7, 11) is 0. The van der Waals surface area contributed by atoms with Gasteiger partial charge in [-0.2, -0.15) is 0 Å². The highest BCUT2D eigenvalue weighted by atomic mass is 16.8. The Hall–Kier alpha value is -2.91. The minimum absolute atomic E-state index is 0.0605. The van der Waals surface area contributed by atoms with Crippen molar-refractivity contribution < 1.29 is 54.0 Å². The number of aliphatic hydroxyl groups excluding tert-OH is 6. The van der Waals surface area contributed by atoms with Crippen LogP contribution in [0.3, 0.4) is 0 Å². The van der Waals surface area contributed by atoms with E-state index in [2.05, 4.69) is 0 Å². The molecular weight excluding hydrogens is 504 g/mol. The van der Waals surface area contributed by atoms with E-state index in [1.807, 2.05) is 0 Å². The summed E-state index contributed by atoms with van der Waals surface area (Å²) in [6.45, 7) is -1.08. The van der Waals surface area contributed by atoms with Gasteiger partial charge in [0.25, 0.3) is 0 Å². The van der Waals surface area contributed by atoms with Gasteiger partial charge >= 0.3 is 0 Å². The molecule has 2 fully saturated rings. The third-order valence-corrected chi connectivity index (χ3v) is 6.60. The van der Waals surface area contributed by atoms with Crippen molar-refractivity contribution >= 4 is 11.0 Å². The van der Waals surface area contributed by atoms with Crippen molar-refractivity contribution in [1.29, 1.82) is 0 Å². The molecule has 2 saturated heterocycles. The van der Waals surface area contributed by atoms with Crippen molar-refractivity contribution in [2.75, 3.05) is 13.2 Å². The molecule has 2 aromatic carbocycles. The van der Waals surface area contributed by atoms with Crippen LogP contribution in [-0.2, 0) is 14.2 Å². The van der Waals surface area contributed by atoms with Gasteiger partial charge in [0.2, 0.25) is 17.5 Å². The summed E-state index contributed by atoms with van der Waals surface area (Å²) in [5, 5.41) is 61.3. The van der Waals surface area contributed by atoms with Crippen molar-refractivity contribution in [3.8, 4) is 17.1 Å². The standard InChI is InChI=1S/C26H28O12/c27-10-16-19(31)20(32)24(38-25-21(33)18(30)14(28)11-34-25)26(36-16)37-23-17(29)13-8-4-5-9-15(13)35-22(23)12-6-2-1-3-7-12/h1-9,14,16,18-21,24-28,30-33H,10-11H2/t14-,16-,18+,19?,20+,21-,24-,25+,26+/m1/s1. The first-order chi connectivity index (χ1) is 18.3. The van der Waals surface area contributed by atoms with E-state index in [1.54, 1.807) is 54.6 Å². The van der Waals surface area contributed by atoms with Gasteiger partial charge in [-0.3, -0.25) is 4.79 Å². The molecule has 0 aliphatic carbocycles. The Morgan fingerprint density at radius 1 is 0.842 bits per heavy atom. The minimum Gasteiger partial charge on any atom is -0.454 e. The lowest BCUT2D eigenvalue weighted by atomic mass is 9.98. The van der Waals surface area contributed by atoms with Gasteiger partial charge < -0.3 is 54.0 Å². The Morgan fingerprint density at radius 2 is 1.55 bits per heavy atom. The van der Waals surface area contributed by atoms with E-state index >= 15 is 0 Å². The lowest BCUT2D eigenvalue weighted by Crippen LogP contribution is -2.64. The Kier molecular flexibility index (Phi) is 7.77. The smallest absolute Gasteiger partial charge is 0.235 e. The summed E-state index contributed by atoms with van der Waals surface area (Å²) >= 11 is 0. The molecule has 2 aliphatic rings. The second-order valence-electron chi connectivity index (χ2n) is 9.13. The van der Waals surface area contributed by atoms with Gasteiger partial charge in [0.15, 0.2) is 18.2 Å². The van der Waals surface area contributed by atoms with Crippen LogP contribution >= 0.6 is 0 Å². The molecular formula is C26H28O12. The molecule has 0 amide bonds. The van der Waals surface area contributed by atoms with Gasteiger partial charge in [0, 0.05) is 5.56 Å². The fraction of sp³-hybridized carbons (Fsp3) is 0.423. The van der Waals surface area contributed by atoms with Crippen LogP contribution in [0.4, 0.5) is 0 Å². The number of para-hydroxylation sites is 1. The lowest BCUT2D eigenvalue weighted by molar-refractivity contribution is -0.345. The number of rotatable bonds is 6. The van der Waals surface area contributed by atoms with Crippen molar-refractivity contribution in [3.63, 3.8) is 0 Å². The molecule has 9 atom stereocenters. The molecule has 6 N–H and O–H groups in total. The summed E-state index contributed by atoms with van der Waals surface area (Å²) in [4.78, 5) is 13.6. The van der Waals surface area contributed by atoms with Gasteiger partial charge in [0.05, 0.1) is 18.6 Å². The van der Waals surface area contributed by atoms with Crippen LogP contribution in [0, 0.1) is 0 Å². The SMILES string of the molecule is O=c1c(O[C@@H]2O[C@H](CO)C(O)[C@H](O)[C@H]2O[C@@H]2OC[C@@H](O)[C@H](O)[C@H]2O)c(-c2ccccc2)oc2ccccc12. The maximum Gasteiger partial charge on any atom is 0.235 e. The fourth-order valence-corrected chi connectivity index (χ4v) is 4.48. The van der Waals surface area contributed by atoms with Crippen LogP contribution in [0.1, 0.15) is 0 Å². The molecule has 12 nitrogen and oxygen atoms in total. The Balaban J connectivity index is 1.55. The second-order valence-corrected chi connectivity index (χ2v) is 9.13. The van der Waals surface area contributed by atoms with E-state index in [0.29, 0.717) is 11.1 Å². The van der Waals surface area contributed by atoms with E-state index in [1.165, 1.54) is 0 Å². The number of hydrogen-bond acceptors (Lipinski definition) is 12. The molecule has 3 aromatic rings. The lowest BCUT2D eigenvalue weighted by Gasteiger charge is -2.44. The molecule has 0 bridgehead atoms. The van der Waals surface area contributed by atoms with Gasteiger partial charge in [0.1, 0.15) is 42.2 Å². The molecule has 1 aromatic heterocycles. The van der Waals surface area contributed by atoms with Crippen LogP contribution in [-0.4, -0.2) is 99.2 Å². The largest absolute Gasteiger partial charge is 0.454 e. The van der Waals surface area contributed by atoms with Gasteiger partial charge in [-0.1, -0.05) is 42.5 Å². The average molecular weight is 532 g/mol. The maximum absolute atomic E-state index is 13.6. The highest BCUT2D eigenvalue weighted by Crippen LogP contribution is 2.34. The van der Waals surface area contributed by atoms with Gasteiger partial charge in [-0.15, -0.1) is 0 Å². The molecule has 3 heterocycles. The third-order valence-electron chi connectivity index (χ3n) is 6.60. The maximum atomic E-state index is 13.6. The zero-order valence-electron chi connectivity index (χ0n) is 19.9. The monoisotopic (exact) mass is 532 g/mol. The number of aliphatic hydroxyl groups is 6. The first-order valence-electron chi connectivity index (χ1n) is 12.0. The van der Waals surface area contributed by atoms with Gasteiger partial charge in [-0.25, -0.2) is 0 Å². The van der Waals surface area contributed by atoms with E-state index in [9.17, 15) is 35.4 Å². The number of hydrogen-bond donors (Lipinski definition) is 6. The van der Waals surface area contributed by atoms with E-state index in [0.717, 1.165) is 0 Å². The van der Waals surface area contributed by atoms with Gasteiger partial charge in [-0.05, 0) is 12.1 Å². The molecule has 204 valence electrons. The quantitative estimate of drug-likeness (QED) is 0.230. The van der Waals surface area contributed by atoms with Crippen molar-refractivity contribution in [2.45, 2.75) is 55.3 Å². The molecule has 38 heavy (non-hydrogen) atoms. The molecule has 2 aliphatic heterocycles. The fourth-order valence-electron chi connectivity index (χ4n) is 4.48. The zero-order chi connectivity index (χ0) is 27.0.